The van der Waals surface area contributed by atoms with Crippen molar-refractivity contribution in [3.05, 3.63) is 52.5 Å². The lowest BCUT2D eigenvalue weighted by Crippen LogP contribution is -2.38. The summed E-state index contributed by atoms with van der Waals surface area (Å²) in [6, 6.07) is 10.9. The average molecular weight is 393 g/mol. The van der Waals surface area contributed by atoms with Gasteiger partial charge in [-0.3, -0.25) is 9.69 Å². The highest BCUT2D eigenvalue weighted by Crippen LogP contribution is 2.29. The number of aromatic nitrogens is 2. The number of hydrogen-bond donors (Lipinski definition) is 1. The molecule has 4 rings (SSSR count). The lowest BCUT2D eigenvalue weighted by atomic mass is 9.97. The third-order valence-electron chi connectivity index (χ3n) is 4.81. The van der Waals surface area contributed by atoms with E-state index in [9.17, 15) is 4.79 Å². The molecule has 0 bridgehead atoms. The number of amides is 1. The first-order valence-corrected chi connectivity index (χ1v) is 10.0. The first kappa shape index (κ1) is 18.3. The minimum Gasteiger partial charge on any atom is -0.420 e. The van der Waals surface area contributed by atoms with Crippen LogP contribution in [0, 0.1) is 11.3 Å². The lowest BCUT2D eigenvalue weighted by Gasteiger charge is -2.29. The minimum absolute atomic E-state index is 0.0549. The van der Waals surface area contributed by atoms with E-state index in [1.54, 1.807) is 35.6 Å². The van der Waals surface area contributed by atoms with Crippen molar-refractivity contribution in [1.29, 1.82) is 5.26 Å². The molecule has 0 unspecified atom stereocenters. The van der Waals surface area contributed by atoms with Gasteiger partial charge in [0.2, 0.25) is 17.7 Å². The van der Waals surface area contributed by atoms with Gasteiger partial charge in [0.1, 0.15) is 0 Å². The summed E-state index contributed by atoms with van der Waals surface area (Å²) in [7, 11) is 0. The first-order valence-electron chi connectivity index (χ1n) is 9.09. The van der Waals surface area contributed by atoms with Crippen molar-refractivity contribution in [2.75, 3.05) is 25.0 Å². The molecule has 3 heterocycles. The van der Waals surface area contributed by atoms with Crippen LogP contribution in [0.15, 0.2) is 45.5 Å². The van der Waals surface area contributed by atoms with Crippen molar-refractivity contribution in [2.24, 2.45) is 0 Å². The van der Waals surface area contributed by atoms with Crippen LogP contribution in [0.3, 0.4) is 0 Å². The molecule has 1 N–H and O–H groups in total. The highest BCUT2D eigenvalue weighted by Gasteiger charge is 2.26. The molecule has 0 saturated carbocycles. The number of likely N-dealkylation sites (tertiary alicyclic amines) is 1. The number of nitrogens with one attached hydrogen (secondary N) is 1. The second-order valence-corrected chi connectivity index (χ2v) is 7.53. The Hall–Kier alpha value is -3.02. The third kappa shape index (κ3) is 4.27. The minimum atomic E-state index is -0.0549. The van der Waals surface area contributed by atoms with Gasteiger partial charge in [0.05, 0.1) is 18.2 Å². The summed E-state index contributed by atoms with van der Waals surface area (Å²) >= 11 is 1.60. The number of nitrogens with zero attached hydrogens (tertiary/aromatic N) is 4. The van der Waals surface area contributed by atoms with Gasteiger partial charge in [-0.1, -0.05) is 0 Å². The van der Waals surface area contributed by atoms with Gasteiger partial charge in [0.25, 0.3) is 0 Å². The molecule has 1 aliphatic heterocycles. The largest absolute Gasteiger partial charge is 0.420 e. The monoisotopic (exact) mass is 393 g/mol. The van der Waals surface area contributed by atoms with E-state index in [1.807, 2.05) is 16.8 Å². The molecule has 0 spiro atoms. The Morgan fingerprint density at radius 2 is 2.04 bits per heavy atom. The Kier molecular flexibility index (Phi) is 5.46. The summed E-state index contributed by atoms with van der Waals surface area (Å²) in [4.78, 5) is 14.4. The van der Waals surface area contributed by atoms with Gasteiger partial charge < -0.3 is 9.73 Å². The Morgan fingerprint density at radius 3 is 2.71 bits per heavy atom. The van der Waals surface area contributed by atoms with Gasteiger partial charge in [-0.2, -0.15) is 16.6 Å². The summed E-state index contributed by atoms with van der Waals surface area (Å²) in [6.45, 7) is 1.96. The molecule has 0 radical (unpaired) electrons. The molecule has 1 aliphatic rings. The van der Waals surface area contributed by atoms with E-state index < -0.39 is 0 Å². The molecule has 1 amide bonds. The molecular weight excluding hydrogens is 374 g/mol. The SMILES string of the molecule is N#Cc1ccc(NC(=O)CN2CCC(c3nnc(-c4ccsc4)o3)CC2)cc1. The van der Waals surface area contributed by atoms with Crippen LogP contribution < -0.4 is 5.32 Å². The number of hydrogen-bond acceptors (Lipinski definition) is 7. The molecule has 1 saturated heterocycles. The number of carbonyl (C=O) groups excluding carboxylic acids is 1. The highest BCUT2D eigenvalue weighted by molar-refractivity contribution is 7.08. The Balaban J connectivity index is 1.27. The van der Waals surface area contributed by atoms with Gasteiger partial charge in [-0.15, -0.1) is 10.2 Å². The second-order valence-electron chi connectivity index (χ2n) is 6.75. The topological polar surface area (TPSA) is 95.1 Å². The van der Waals surface area contributed by atoms with E-state index in [4.69, 9.17) is 9.68 Å². The van der Waals surface area contributed by atoms with E-state index in [0.717, 1.165) is 31.5 Å². The van der Waals surface area contributed by atoms with E-state index in [-0.39, 0.29) is 11.8 Å². The van der Waals surface area contributed by atoms with Gasteiger partial charge in [0.15, 0.2) is 0 Å². The number of rotatable bonds is 5. The predicted octanol–water partition coefficient (Wildman–Crippen LogP) is 3.49. The maximum atomic E-state index is 12.3. The Morgan fingerprint density at radius 1 is 1.25 bits per heavy atom. The zero-order valence-corrected chi connectivity index (χ0v) is 16.0. The molecule has 28 heavy (non-hydrogen) atoms. The smallest absolute Gasteiger partial charge is 0.248 e. The number of thiophene rings is 1. The number of carbonyl (C=O) groups is 1. The van der Waals surface area contributed by atoms with Crippen LogP contribution in [0.4, 0.5) is 5.69 Å². The van der Waals surface area contributed by atoms with Gasteiger partial charge >= 0.3 is 0 Å². The van der Waals surface area contributed by atoms with Crippen LogP contribution in [-0.4, -0.2) is 40.6 Å². The summed E-state index contributed by atoms with van der Waals surface area (Å²) in [5, 5.41) is 24.0. The highest BCUT2D eigenvalue weighted by atomic mass is 32.1. The average Bonchev–Trinajstić information content (AvgIpc) is 3.41. The fourth-order valence-corrected chi connectivity index (χ4v) is 3.90. The van der Waals surface area contributed by atoms with Crippen LogP contribution in [0.5, 0.6) is 0 Å². The maximum absolute atomic E-state index is 12.3. The number of anilines is 1. The normalized spacial score (nSPS) is 15.2. The standard InChI is InChI=1S/C20H19N5O2S/c21-11-14-1-3-17(4-2-14)22-18(26)12-25-8-5-15(6-9-25)19-23-24-20(27-19)16-7-10-28-13-16/h1-4,7,10,13,15H,5-6,8-9,12H2,(H,22,26). The number of piperidine rings is 1. The number of nitriles is 1. The van der Waals surface area contributed by atoms with Gasteiger partial charge in [0, 0.05) is 22.5 Å². The second kappa shape index (κ2) is 8.33. The summed E-state index contributed by atoms with van der Waals surface area (Å²) in [5.41, 5.74) is 2.23. The van der Waals surface area contributed by atoms with Crippen LogP contribution in [0.25, 0.3) is 11.5 Å². The molecule has 1 fully saturated rings. The Bertz CT molecular complexity index is 967. The molecule has 0 atom stereocenters. The first-order chi connectivity index (χ1) is 13.7. The lowest BCUT2D eigenvalue weighted by molar-refractivity contribution is -0.117. The fourth-order valence-electron chi connectivity index (χ4n) is 3.27. The van der Waals surface area contributed by atoms with Crippen LogP contribution in [-0.2, 0) is 4.79 Å². The van der Waals surface area contributed by atoms with Gasteiger partial charge in [-0.25, -0.2) is 0 Å². The maximum Gasteiger partial charge on any atom is 0.248 e. The summed E-state index contributed by atoms with van der Waals surface area (Å²) < 4.78 is 5.85. The van der Waals surface area contributed by atoms with Crippen LogP contribution >= 0.6 is 11.3 Å². The zero-order chi connectivity index (χ0) is 19.3. The molecule has 1 aromatic carbocycles. The molecule has 8 heteroatoms. The molecule has 3 aromatic rings. The molecule has 2 aromatic heterocycles. The predicted molar refractivity (Wildman–Crippen MR) is 106 cm³/mol. The van der Waals surface area contributed by atoms with Crippen molar-refractivity contribution in [2.45, 2.75) is 18.8 Å². The van der Waals surface area contributed by atoms with Gasteiger partial charge in [-0.05, 0) is 61.6 Å². The molecule has 7 nitrogen and oxygen atoms in total. The summed E-state index contributed by atoms with van der Waals surface area (Å²) in [5.74, 6) is 1.43. The molecule has 142 valence electrons. The van der Waals surface area contributed by atoms with Crippen molar-refractivity contribution >= 4 is 22.9 Å². The van der Waals surface area contributed by atoms with Crippen molar-refractivity contribution in [3.63, 3.8) is 0 Å². The quantitative estimate of drug-likeness (QED) is 0.713. The van der Waals surface area contributed by atoms with E-state index in [1.165, 1.54) is 0 Å². The third-order valence-corrected chi connectivity index (χ3v) is 5.49. The van der Waals surface area contributed by atoms with E-state index >= 15 is 0 Å². The zero-order valence-electron chi connectivity index (χ0n) is 15.2. The van der Waals surface area contributed by atoms with Crippen LogP contribution in [0.1, 0.15) is 30.2 Å². The fraction of sp³-hybridized carbons (Fsp3) is 0.300. The van der Waals surface area contributed by atoms with Crippen molar-refractivity contribution in [1.82, 2.24) is 15.1 Å². The van der Waals surface area contributed by atoms with E-state index in [2.05, 4.69) is 26.5 Å². The van der Waals surface area contributed by atoms with Crippen LogP contribution in [0.2, 0.25) is 0 Å². The van der Waals surface area contributed by atoms with Crippen molar-refractivity contribution < 1.29 is 9.21 Å². The Labute approximate surface area is 166 Å². The molecule has 0 aliphatic carbocycles. The number of benzene rings is 1. The van der Waals surface area contributed by atoms with E-state index in [0.29, 0.717) is 29.6 Å². The molecular formula is C20H19N5O2S. The van der Waals surface area contributed by atoms with Crippen molar-refractivity contribution in [3.8, 4) is 17.5 Å². The summed E-state index contributed by atoms with van der Waals surface area (Å²) in [6.07, 6.45) is 1.77.